The zero-order chi connectivity index (χ0) is 13.8. The topological polar surface area (TPSA) is 38.3 Å². The molecule has 0 aliphatic heterocycles. The first-order chi connectivity index (χ1) is 9.06. The zero-order valence-corrected chi connectivity index (χ0v) is 12.2. The first-order valence-electron chi connectivity index (χ1n) is 6.81. The third-order valence-corrected chi connectivity index (χ3v) is 4.14. The number of rotatable bonds is 2. The molecule has 0 bridgehead atoms. The van der Waals surface area contributed by atoms with Crippen LogP contribution >= 0.6 is 11.6 Å². The van der Waals surface area contributed by atoms with Crippen LogP contribution in [0, 0.1) is 13.8 Å². The molecule has 0 spiro atoms. The molecule has 0 aromatic heterocycles. The van der Waals surface area contributed by atoms with Gasteiger partial charge >= 0.3 is 6.09 Å². The van der Waals surface area contributed by atoms with E-state index >= 15 is 0 Å². The van der Waals surface area contributed by atoms with Crippen LogP contribution in [0.5, 0.6) is 5.75 Å². The zero-order valence-electron chi connectivity index (χ0n) is 11.5. The number of hydrogen-bond donors (Lipinski definition) is 1. The molecule has 0 heterocycles. The maximum atomic E-state index is 11.8. The van der Waals surface area contributed by atoms with E-state index in [4.69, 9.17) is 16.3 Å². The van der Waals surface area contributed by atoms with Crippen molar-refractivity contribution in [1.82, 2.24) is 5.32 Å². The van der Waals surface area contributed by atoms with E-state index in [1.54, 1.807) is 12.1 Å². The van der Waals surface area contributed by atoms with Gasteiger partial charge in [-0.25, -0.2) is 4.79 Å². The molecule has 0 atom stereocenters. The summed E-state index contributed by atoms with van der Waals surface area (Å²) in [6, 6.07) is 3.83. The normalized spacial score (nSPS) is 16.2. The number of benzene rings is 1. The monoisotopic (exact) mass is 281 g/mol. The van der Waals surface area contributed by atoms with E-state index < -0.39 is 0 Å². The van der Waals surface area contributed by atoms with E-state index in [2.05, 4.69) is 5.32 Å². The van der Waals surface area contributed by atoms with E-state index in [0.29, 0.717) is 5.75 Å². The lowest BCUT2D eigenvalue weighted by molar-refractivity contribution is 0.192. The number of aryl methyl sites for hydroxylation is 2. The Morgan fingerprint density at radius 3 is 2.37 bits per heavy atom. The molecule has 1 fully saturated rings. The molecular formula is C15H20ClNO2. The highest BCUT2D eigenvalue weighted by Gasteiger charge is 2.17. The Bertz CT molecular complexity index is 444. The van der Waals surface area contributed by atoms with Gasteiger partial charge in [0, 0.05) is 11.1 Å². The van der Waals surface area contributed by atoms with Gasteiger partial charge < -0.3 is 10.1 Å². The summed E-state index contributed by atoms with van der Waals surface area (Å²) in [4.78, 5) is 11.8. The molecule has 0 unspecified atom stereocenters. The predicted molar refractivity (Wildman–Crippen MR) is 77.0 cm³/mol. The summed E-state index contributed by atoms with van der Waals surface area (Å²) in [5, 5.41) is 3.65. The van der Waals surface area contributed by atoms with Gasteiger partial charge in [-0.2, -0.15) is 0 Å². The number of amides is 1. The van der Waals surface area contributed by atoms with Gasteiger partial charge in [0.1, 0.15) is 5.75 Å². The van der Waals surface area contributed by atoms with E-state index in [1.165, 1.54) is 19.3 Å². The van der Waals surface area contributed by atoms with E-state index in [9.17, 15) is 4.79 Å². The summed E-state index contributed by atoms with van der Waals surface area (Å²) in [6.07, 6.45) is 5.37. The average molecular weight is 282 g/mol. The Balaban J connectivity index is 1.94. The summed E-state index contributed by atoms with van der Waals surface area (Å²) >= 11 is 6.09. The van der Waals surface area contributed by atoms with Crippen molar-refractivity contribution in [3.8, 4) is 5.75 Å². The minimum atomic E-state index is -0.368. The van der Waals surface area contributed by atoms with Gasteiger partial charge in [-0.15, -0.1) is 0 Å². The van der Waals surface area contributed by atoms with E-state index in [0.717, 1.165) is 29.0 Å². The molecule has 1 saturated carbocycles. The Labute approximate surface area is 119 Å². The number of halogens is 1. The fourth-order valence-corrected chi connectivity index (χ4v) is 2.62. The molecule has 19 heavy (non-hydrogen) atoms. The molecule has 3 nitrogen and oxygen atoms in total. The summed E-state index contributed by atoms with van der Waals surface area (Å²) in [6.45, 7) is 3.81. The van der Waals surface area contributed by atoms with Gasteiger partial charge in [0.25, 0.3) is 0 Å². The summed E-state index contributed by atoms with van der Waals surface area (Å²) in [5.41, 5.74) is 1.84. The highest BCUT2D eigenvalue weighted by Crippen LogP contribution is 2.26. The van der Waals surface area contributed by atoms with Crippen molar-refractivity contribution in [2.45, 2.75) is 52.0 Å². The van der Waals surface area contributed by atoms with Crippen molar-refractivity contribution in [2.75, 3.05) is 0 Å². The highest BCUT2D eigenvalue weighted by molar-refractivity contribution is 6.32. The van der Waals surface area contributed by atoms with Gasteiger partial charge in [0.05, 0.1) is 0 Å². The third-order valence-electron chi connectivity index (χ3n) is 3.55. The first-order valence-corrected chi connectivity index (χ1v) is 7.19. The number of carbonyl (C=O) groups excluding carboxylic acids is 1. The van der Waals surface area contributed by atoms with Crippen molar-refractivity contribution in [3.63, 3.8) is 0 Å². The number of carbonyl (C=O) groups is 1. The predicted octanol–water partition coefficient (Wildman–Crippen LogP) is 4.38. The molecule has 1 amide bonds. The molecule has 1 aliphatic carbocycles. The van der Waals surface area contributed by atoms with Gasteiger partial charge in [-0.1, -0.05) is 30.9 Å². The van der Waals surface area contributed by atoms with Crippen LogP contribution in [0.2, 0.25) is 5.02 Å². The SMILES string of the molecule is Cc1cc(OC(=O)NC2CCCCC2)cc(C)c1Cl. The lowest BCUT2D eigenvalue weighted by atomic mass is 9.96. The van der Waals surface area contributed by atoms with Crippen molar-refractivity contribution in [1.29, 1.82) is 0 Å². The van der Waals surface area contributed by atoms with E-state index in [1.807, 2.05) is 13.8 Å². The quantitative estimate of drug-likeness (QED) is 0.874. The Kier molecular flexibility index (Phi) is 4.70. The standard InChI is InChI=1S/C15H20ClNO2/c1-10-8-13(9-11(2)14(10)16)19-15(18)17-12-6-4-3-5-7-12/h8-9,12H,3-7H2,1-2H3,(H,17,18). The number of nitrogens with one attached hydrogen (secondary N) is 1. The van der Waals surface area contributed by atoms with Gasteiger partial charge in [-0.3, -0.25) is 0 Å². The summed E-state index contributed by atoms with van der Waals surface area (Å²) < 4.78 is 5.33. The average Bonchev–Trinajstić information content (AvgIpc) is 2.37. The van der Waals surface area contributed by atoms with Gasteiger partial charge in [0.2, 0.25) is 0 Å². The maximum absolute atomic E-state index is 11.8. The lowest BCUT2D eigenvalue weighted by Gasteiger charge is -2.22. The van der Waals surface area contributed by atoms with Crippen LogP contribution < -0.4 is 10.1 Å². The van der Waals surface area contributed by atoms with Gasteiger partial charge in [0.15, 0.2) is 0 Å². The summed E-state index contributed by atoms with van der Waals surface area (Å²) in [5.74, 6) is 0.549. The molecule has 4 heteroatoms. The minimum Gasteiger partial charge on any atom is -0.410 e. The molecular weight excluding hydrogens is 262 g/mol. The minimum absolute atomic E-state index is 0.260. The molecule has 1 aliphatic rings. The fraction of sp³-hybridized carbons (Fsp3) is 0.533. The van der Waals surface area contributed by atoms with Gasteiger partial charge in [-0.05, 0) is 49.9 Å². The first kappa shape index (κ1) is 14.2. The second-order valence-corrected chi connectivity index (χ2v) is 5.62. The van der Waals surface area contributed by atoms with Crippen molar-refractivity contribution < 1.29 is 9.53 Å². The lowest BCUT2D eigenvalue weighted by Crippen LogP contribution is -2.38. The van der Waals surface area contributed by atoms with Crippen molar-refractivity contribution >= 4 is 17.7 Å². The van der Waals surface area contributed by atoms with Crippen LogP contribution in [-0.4, -0.2) is 12.1 Å². The van der Waals surface area contributed by atoms with Crippen molar-refractivity contribution in [3.05, 3.63) is 28.3 Å². The molecule has 1 aromatic carbocycles. The summed E-state index contributed by atoms with van der Waals surface area (Å²) in [7, 11) is 0. The maximum Gasteiger partial charge on any atom is 0.412 e. The largest absolute Gasteiger partial charge is 0.412 e. The van der Waals surface area contributed by atoms with Crippen molar-refractivity contribution in [2.24, 2.45) is 0 Å². The number of hydrogen-bond acceptors (Lipinski definition) is 2. The van der Waals surface area contributed by atoms with Crippen LogP contribution in [0.15, 0.2) is 12.1 Å². The van der Waals surface area contributed by atoms with E-state index in [-0.39, 0.29) is 12.1 Å². The van der Waals surface area contributed by atoms with Crippen LogP contribution in [-0.2, 0) is 0 Å². The van der Waals surface area contributed by atoms with Crippen LogP contribution in [0.25, 0.3) is 0 Å². The highest BCUT2D eigenvalue weighted by atomic mass is 35.5. The Morgan fingerprint density at radius 2 is 1.79 bits per heavy atom. The fourth-order valence-electron chi connectivity index (χ4n) is 2.52. The van der Waals surface area contributed by atoms with Crippen LogP contribution in [0.1, 0.15) is 43.2 Å². The molecule has 0 saturated heterocycles. The molecule has 0 radical (unpaired) electrons. The second kappa shape index (κ2) is 6.29. The molecule has 104 valence electrons. The number of ether oxygens (including phenoxy) is 1. The molecule has 1 N–H and O–H groups in total. The Morgan fingerprint density at radius 1 is 1.21 bits per heavy atom. The second-order valence-electron chi connectivity index (χ2n) is 5.24. The Hall–Kier alpha value is -1.22. The van der Waals surface area contributed by atoms with Crippen LogP contribution in [0.3, 0.4) is 0 Å². The van der Waals surface area contributed by atoms with Crippen LogP contribution in [0.4, 0.5) is 4.79 Å². The molecule has 2 rings (SSSR count). The molecule has 1 aromatic rings. The smallest absolute Gasteiger partial charge is 0.410 e. The third kappa shape index (κ3) is 3.87.